The third-order valence-corrected chi connectivity index (χ3v) is 2.67. The average molecular weight is 252 g/mol. The molecule has 2 aromatic rings. The molecule has 0 fully saturated rings. The number of aryl methyl sites for hydroxylation is 1. The second-order valence-electron chi connectivity index (χ2n) is 3.11. The van der Waals surface area contributed by atoms with Crippen LogP contribution in [0.4, 0.5) is 0 Å². The van der Waals surface area contributed by atoms with Crippen molar-refractivity contribution in [1.82, 2.24) is 30.2 Å². The lowest BCUT2D eigenvalue weighted by Gasteiger charge is -2.00. The maximum Gasteiger partial charge on any atom is 0.325 e. The lowest BCUT2D eigenvalue weighted by Crippen LogP contribution is -2.11. The van der Waals surface area contributed by atoms with Crippen molar-refractivity contribution < 1.29 is 9.90 Å². The van der Waals surface area contributed by atoms with Gasteiger partial charge in [-0.15, -0.1) is 5.10 Å². The zero-order valence-corrected chi connectivity index (χ0v) is 9.63. The molecule has 0 unspecified atom stereocenters. The van der Waals surface area contributed by atoms with E-state index in [9.17, 15) is 4.79 Å². The van der Waals surface area contributed by atoms with Crippen LogP contribution in [0.2, 0.25) is 0 Å². The van der Waals surface area contributed by atoms with Crippen molar-refractivity contribution >= 4 is 17.7 Å². The van der Waals surface area contributed by atoms with E-state index in [4.69, 9.17) is 5.11 Å². The minimum Gasteiger partial charge on any atom is -0.480 e. The molecule has 88 valence electrons. The van der Waals surface area contributed by atoms with Gasteiger partial charge in [0.25, 0.3) is 0 Å². The van der Waals surface area contributed by atoms with Crippen LogP contribution in [0.5, 0.6) is 0 Å². The molecule has 9 heteroatoms. The molecule has 0 aliphatic carbocycles. The highest BCUT2D eigenvalue weighted by atomic mass is 32.2. The minimum atomic E-state index is -1.00. The Kier molecular flexibility index (Phi) is 3.28. The van der Waals surface area contributed by atoms with Crippen molar-refractivity contribution in [1.29, 1.82) is 0 Å². The van der Waals surface area contributed by atoms with Crippen molar-refractivity contribution in [2.75, 3.05) is 0 Å². The fraction of sp³-hybridized carbons (Fsp3) is 0.250. The number of carboxylic acids is 1. The molecule has 0 spiro atoms. The summed E-state index contributed by atoms with van der Waals surface area (Å²) in [7, 11) is 0. The van der Waals surface area contributed by atoms with Gasteiger partial charge in [-0.3, -0.25) is 4.79 Å². The second-order valence-corrected chi connectivity index (χ2v) is 4.10. The first-order chi connectivity index (χ1) is 8.15. The smallest absolute Gasteiger partial charge is 0.325 e. The number of tetrazole rings is 1. The number of aliphatic carboxylic acids is 1. The van der Waals surface area contributed by atoms with E-state index in [1.807, 2.05) is 6.92 Å². The quantitative estimate of drug-likeness (QED) is 0.758. The minimum absolute atomic E-state index is 0.278. The van der Waals surface area contributed by atoms with Crippen molar-refractivity contribution in [2.45, 2.75) is 23.7 Å². The number of carbonyl (C=O) groups is 1. The molecule has 0 bridgehead atoms. The third kappa shape index (κ3) is 2.97. The van der Waals surface area contributed by atoms with Crippen LogP contribution in [0.15, 0.2) is 22.6 Å². The summed E-state index contributed by atoms with van der Waals surface area (Å²) < 4.78 is 1.20. The summed E-state index contributed by atoms with van der Waals surface area (Å²) in [5.74, 6) is -1.00. The van der Waals surface area contributed by atoms with Crippen molar-refractivity contribution in [3.05, 3.63) is 18.1 Å². The second kappa shape index (κ2) is 4.87. The van der Waals surface area contributed by atoms with E-state index in [-0.39, 0.29) is 6.54 Å². The predicted octanol–water partition coefficient (Wildman–Crippen LogP) is 0.00732. The number of hydrogen-bond donors (Lipinski definition) is 1. The van der Waals surface area contributed by atoms with Crippen LogP contribution in [-0.4, -0.2) is 41.3 Å². The molecular formula is C8H8N6O2S. The molecule has 17 heavy (non-hydrogen) atoms. The zero-order valence-electron chi connectivity index (χ0n) is 8.81. The lowest BCUT2D eigenvalue weighted by molar-refractivity contribution is -0.138. The van der Waals surface area contributed by atoms with Gasteiger partial charge >= 0.3 is 5.97 Å². The van der Waals surface area contributed by atoms with Gasteiger partial charge in [-0.25, -0.2) is 14.6 Å². The van der Waals surface area contributed by atoms with Crippen LogP contribution in [0, 0.1) is 6.92 Å². The molecule has 2 heterocycles. The maximum atomic E-state index is 10.6. The summed E-state index contributed by atoms with van der Waals surface area (Å²) in [4.78, 5) is 18.6. The highest BCUT2D eigenvalue weighted by Gasteiger charge is 2.11. The van der Waals surface area contributed by atoms with Gasteiger partial charge < -0.3 is 5.11 Å². The zero-order chi connectivity index (χ0) is 12.3. The fourth-order valence-corrected chi connectivity index (χ4v) is 1.88. The van der Waals surface area contributed by atoms with Gasteiger partial charge in [0.1, 0.15) is 17.9 Å². The number of aromatic nitrogens is 6. The van der Waals surface area contributed by atoms with Crippen molar-refractivity contribution in [3.63, 3.8) is 0 Å². The molecule has 0 saturated heterocycles. The first-order valence-corrected chi connectivity index (χ1v) is 5.41. The molecular weight excluding hydrogens is 244 g/mol. The van der Waals surface area contributed by atoms with Crippen LogP contribution >= 0.6 is 11.8 Å². The van der Waals surface area contributed by atoms with E-state index in [0.29, 0.717) is 10.2 Å². The summed E-state index contributed by atoms with van der Waals surface area (Å²) in [5.41, 5.74) is 0.819. The molecule has 0 radical (unpaired) electrons. The molecule has 0 aliphatic heterocycles. The first-order valence-electron chi connectivity index (χ1n) is 4.59. The summed E-state index contributed by atoms with van der Waals surface area (Å²) in [6.45, 7) is 1.56. The Bertz CT molecular complexity index is 542. The Morgan fingerprint density at radius 3 is 3.06 bits per heavy atom. The summed E-state index contributed by atoms with van der Waals surface area (Å²) in [6.07, 6.45) is 1.43. The SMILES string of the molecule is Cc1cc(Sc2nnnn2CC(=O)O)ncn1. The van der Waals surface area contributed by atoms with E-state index in [0.717, 1.165) is 5.69 Å². The standard InChI is InChI=1S/C8H8N6O2S/c1-5-2-6(10-4-9-5)17-8-11-12-13-14(8)3-7(15)16/h2,4H,3H2,1H3,(H,15,16). The summed E-state index contributed by atoms with van der Waals surface area (Å²) >= 11 is 1.19. The number of carboxylic acid groups (broad SMARTS) is 1. The molecule has 8 nitrogen and oxygen atoms in total. The summed E-state index contributed by atoms with van der Waals surface area (Å²) in [5, 5.41) is 20.5. The molecule has 0 aliphatic rings. The van der Waals surface area contributed by atoms with Gasteiger partial charge in [0.2, 0.25) is 5.16 Å². The van der Waals surface area contributed by atoms with Gasteiger partial charge in [-0.1, -0.05) is 0 Å². The van der Waals surface area contributed by atoms with Crippen LogP contribution in [-0.2, 0) is 11.3 Å². The monoisotopic (exact) mass is 252 g/mol. The largest absolute Gasteiger partial charge is 0.480 e. The van der Waals surface area contributed by atoms with Gasteiger partial charge in [0.05, 0.1) is 0 Å². The molecule has 0 saturated carbocycles. The van der Waals surface area contributed by atoms with E-state index in [1.165, 1.54) is 22.8 Å². The van der Waals surface area contributed by atoms with Gasteiger partial charge in [-0.05, 0) is 35.2 Å². The molecule has 1 N–H and O–H groups in total. The highest BCUT2D eigenvalue weighted by molar-refractivity contribution is 7.99. The lowest BCUT2D eigenvalue weighted by atomic mass is 10.5. The molecule has 0 amide bonds. The Balaban J connectivity index is 2.18. The number of rotatable bonds is 4. The third-order valence-electron chi connectivity index (χ3n) is 1.76. The average Bonchev–Trinajstić information content (AvgIpc) is 2.65. The van der Waals surface area contributed by atoms with Crippen molar-refractivity contribution in [3.8, 4) is 0 Å². The summed E-state index contributed by atoms with van der Waals surface area (Å²) in [6, 6.07) is 1.77. The highest BCUT2D eigenvalue weighted by Crippen LogP contribution is 2.22. The molecule has 2 aromatic heterocycles. The normalized spacial score (nSPS) is 10.4. The number of hydrogen-bond acceptors (Lipinski definition) is 7. The molecule has 0 atom stereocenters. The van der Waals surface area contributed by atoms with Crippen LogP contribution in [0.1, 0.15) is 5.69 Å². The Morgan fingerprint density at radius 2 is 2.35 bits per heavy atom. The van der Waals surface area contributed by atoms with E-state index < -0.39 is 5.97 Å². The fourth-order valence-electron chi connectivity index (χ4n) is 1.08. The first kappa shape index (κ1) is 11.5. The Hall–Kier alpha value is -2.03. The Morgan fingerprint density at radius 1 is 1.53 bits per heavy atom. The predicted molar refractivity (Wildman–Crippen MR) is 56.3 cm³/mol. The van der Waals surface area contributed by atoms with Gasteiger partial charge in [0, 0.05) is 5.69 Å². The topological polar surface area (TPSA) is 107 Å². The van der Waals surface area contributed by atoms with E-state index >= 15 is 0 Å². The maximum absolute atomic E-state index is 10.6. The number of nitrogens with zero attached hydrogens (tertiary/aromatic N) is 6. The Labute approximate surface area is 100 Å². The van der Waals surface area contributed by atoms with E-state index in [2.05, 4.69) is 25.5 Å². The van der Waals surface area contributed by atoms with Gasteiger partial charge in [-0.2, -0.15) is 0 Å². The van der Waals surface area contributed by atoms with Crippen molar-refractivity contribution in [2.24, 2.45) is 0 Å². The van der Waals surface area contributed by atoms with Gasteiger partial charge in [0.15, 0.2) is 0 Å². The van der Waals surface area contributed by atoms with Crippen LogP contribution in [0.3, 0.4) is 0 Å². The molecule has 0 aromatic carbocycles. The molecule has 2 rings (SSSR count). The van der Waals surface area contributed by atoms with E-state index in [1.54, 1.807) is 6.07 Å². The van der Waals surface area contributed by atoms with Crippen LogP contribution in [0.25, 0.3) is 0 Å². The van der Waals surface area contributed by atoms with Crippen LogP contribution < -0.4 is 0 Å².